The second-order valence-electron chi connectivity index (χ2n) is 3.32. The maximum Gasteiger partial charge on any atom is 0.0412 e. The van der Waals surface area contributed by atoms with Crippen LogP contribution in [0.5, 0.6) is 0 Å². The number of benzene rings is 2. The van der Waals surface area contributed by atoms with Crippen molar-refractivity contribution in [1.82, 2.24) is 0 Å². The van der Waals surface area contributed by atoms with Crippen molar-refractivity contribution < 1.29 is 0 Å². The molecule has 0 fully saturated rings. The first-order chi connectivity index (χ1) is 7.29. The molecule has 0 aromatic heterocycles. The van der Waals surface area contributed by atoms with Gasteiger partial charge in [-0.3, -0.25) is 0 Å². The summed E-state index contributed by atoms with van der Waals surface area (Å²) in [5, 5.41) is 0.706. The molecule has 2 rings (SSSR count). The van der Waals surface area contributed by atoms with Gasteiger partial charge in [0.1, 0.15) is 0 Å². The molecule has 0 saturated carbocycles. The van der Waals surface area contributed by atoms with Crippen molar-refractivity contribution in [2.24, 2.45) is 5.73 Å². The molecule has 0 spiro atoms. The van der Waals surface area contributed by atoms with Crippen molar-refractivity contribution >= 4 is 11.6 Å². The van der Waals surface area contributed by atoms with Crippen molar-refractivity contribution in [1.29, 1.82) is 0 Å². The van der Waals surface area contributed by atoms with Crippen molar-refractivity contribution in [3.63, 3.8) is 0 Å². The second-order valence-corrected chi connectivity index (χ2v) is 3.76. The van der Waals surface area contributed by atoms with Gasteiger partial charge in [-0.05, 0) is 34.9 Å². The molecule has 2 heteroatoms. The summed E-state index contributed by atoms with van der Waals surface area (Å²) in [5.41, 5.74) is 8.84. The molecule has 2 aromatic carbocycles. The van der Waals surface area contributed by atoms with Crippen LogP contribution in [0.2, 0.25) is 5.02 Å². The van der Waals surface area contributed by atoms with Crippen molar-refractivity contribution in [2.45, 2.75) is 6.54 Å². The fraction of sp³-hybridized carbons (Fsp3) is 0.0769. The summed E-state index contributed by atoms with van der Waals surface area (Å²) in [4.78, 5) is 0. The van der Waals surface area contributed by atoms with Crippen LogP contribution < -0.4 is 5.73 Å². The predicted octanol–water partition coefficient (Wildman–Crippen LogP) is 3.27. The van der Waals surface area contributed by atoms with E-state index in [0.29, 0.717) is 11.6 Å². The van der Waals surface area contributed by atoms with Crippen LogP contribution in [-0.2, 0) is 6.54 Å². The molecule has 0 atom stereocenters. The van der Waals surface area contributed by atoms with E-state index in [9.17, 15) is 0 Å². The monoisotopic (exact) mass is 216 g/mol. The minimum absolute atomic E-state index is 0.574. The van der Waals surface area contributed by atoms with E-state index in [0.717, 1.165) is 16.7 Å². The zero-order chi connectivity index (χ0) is 10.7. The third-order valence-corrected chi connectivity index (χ3v) is 2.51. The van der Waals surface area contributed by atoms with E-state index in [2.05, 4.69) is 6.07 Å². The van der Waals surface area contributed by atoms with Gasteiger partial charge in [0.05, 0.1) is 0 Å². The van der Waals surface area contributed by atoms with Crippen LogP contribution in [0, 0.1) is 6.07 Å². The van der Waals surface area contributed by atoms with Gasteiger partial charge in [-0.2, -0.15) is 0 Å². The van der Waals surface area contributed by atoms with Crippen molar-refractivity contribution in [2.75, 3.05) is 0 Å². The Labute approximate surface area is 94.5 Å². The Morgan fingerprint density at radius 2 is 1.80 bits per heavy atom. The lowest BCUT2D eigenvalue weighted by molar-refractivity contribution is 1.07. The van der Waals surface area contributed by atoms with Crippen LogP contribution in [0.4, 0.5) is 0 Å². The molecule has 0 bridgehead atoms. The number of hydrogen-bond acceptors (Lipinski definition) is 1. The molecule has 0 aliphatic carbocycles. The first-order valence-electron chi connectivity index (χ1n) is 4.76. The zero-order valence-corrected chi connectivity index (χ0v) is 8.96. The summed E-state index contributed by atoms with van der Waals surface area (Å²) in [6, 6.07) is 16.9. The Kier molecular flexibility index (Phi) is 3.05. The molecule has 1 nitrogen and oxygen atoms in total. The van der Waals surface area contributed by atoms with Gasteiger partial charge in [0, 0.05) is 11.6 Å². The molecule has 0 aliphatic heterocycles. The quantitative estimate of drug-likeness (QED) is 0.820. The van der Waals surface area contributed by atoms with Gasteiger partial charge >= 0.3 is 0 Å². The summed E-state index contributed by atoms with van der Waals surface area (Å²) in [6.07, 6.45) is 0. The van der Waals surface area contributed by atoms with E-state index in [1.165, 1.54) is 0 Å². The van der Waals surface area contributed by atoms with Gasteiger partial charge < -0.3 is 5.73 Å². The molecule has 0 unspecified atom stereocenters. The largest absolute Gasteiger partial charge is 0.326 e. The molecule has 1 radical (unpaired) electrons. The highest BCUT2D eigenvalue weighted by Gasteiger charge is 1.97. The first kappa shape index (κ1) is 10.2. The highest BCUT2D eigenvalue weighted by Crippen LogP contribution is 2.21. The number of halogens is 1. The van der Waals surface area contributed by atoms with Crippen molar-refractivity contribution in [3.8, 4) is 11.1 Å². The number of nitrogens with two attached hydrogens (primary N) is 1. The number of rotatable bonds is 2. The lowest BCUT2D eigenvalue weighted by Crippen LogP contribution is -1.95. The van der Waals surface area contributed by atoms with Crippen LogP contribution >= 0.6 is 11.6 Å². The van der Waals surface area contributed by atoms with E-state index in [1.54, 1.807) is 6.07 Å². The van der Waals surface area contributed by atoms with Crippen LogP contribution in [0.25, 0.3) is 11.1 Å². The molecule has 2 aromatic rings. The Balaban J connectivity index is 2.33. The minimum atomic E-state index is 0.574. The fourth-order valence-electron chi connectivity index (χ4n) is 1.41. The Hall–Kier alpha value is -1.31. The molecule has 0 amide bonds. The summed E-state index contributed by atoms with van der Waals surface area (Å²) >= 11 is 5.80. The molecular weight excluding hydrogens is 206 g/mol. The fourth-order valence-corrected chi connectivity index (χ4v) is 1.52. The topological polar surface area (TPSA) is 26.0 Å². The van der Waals surface area contributed by atoms with E-state index < -0.39 is 0 Å². The highest BCUT2D eigenvalue weighted by molar-refractivity contribution is 6.30. The van der Waals surface area contributed by atoms with E-state index >= 15 is 0 Å². The Morgan fingerprint density at radius 1 is 1.07 bits per heavy atom. The van der Waals surface area contributed by atoms with Gasteiger partial charge in [0.15, 0.2) is 0 Å². The lowest BCUT2D eigenvalue weighted by atomic mass is 10.0. The third-order valence-electron chi connectivity index (χ3n) is 2.28. The normalized spacial score (nSPS) is 10.3. The first-order valence-corrected chi connectivity index (χ1v) is 5.14. The summed E-state index contributed by atoms with van der Waals surface area (Å²) in [5.74, 6) is 0. The molecule has 75 valence electrons. The maximum atomic E-state index is 5.80. The molecule has 2 N–H and O–H groups in total. The highest BCUT2D eigenvalue weighted by atomic mass is 35.5. The molecule has 0 heterocycles. The van der Waals surface area contributed by atoms with Crippen LogP contribution in [0.3, 0.4) is 0 Å². The number of hydrogen-bond donors (Lipinski definition) is 1. The van der Waals surface area contributed by atoms with Gasteiger partial charge in [-0.15, -0.1) is 0 Å². The predicted molar refractivity (Wildman–Crippen MR) is 63.6 cm³/mol. The zero-order valence-electron chi connectivity index (χ0n) is 8.20. The smallest absolute Gasteiger partial charge is 0.0412 e. The third kappa shape index (κ3) is 2.38. The molecule has 15 heavy (non-hydrogen) atoms. The summed E-state index contributed by atoms with van der Waals surface area (Å²) in [7, 11) is 0. The Bertz CT molecular complexity index is 431. The van der Waals surface area contributed by atoms with Gasteiger partial charge in [-0.1, -0.05) is 41.9 Å². The van der Waals surface area contributed by atoms with E-state index in [1.807, 2.05) is 36.4 Å². The van der Waals surface area contributed by atoms with Crippen LogP contribution in [0.1, 0.15) is 5.56 Å². The lowest BCUT2D eigenvalue weighted by Gasteiger charge is -2.02. The maximum absolute atomic E-state index is 5.80. The van der Waals surface area contributed by atoms with Gasteiger partial charge in [0.2, 0.25) is 0 Å². The van der Waals surface area contributed by atoms with Crippen LogP contribution in [0.15, 0.2) is 42.5 Å². The summed E-state index contributed by atoms with van der Waals surface area (Å²) < 4.78 is 0. The van der Waals surface area contributed by atoms with E-state index in [-0.39, 0.29) is 0 Å². The van der Waals surface area contributed by atoms with Crippen molar-refractivity contribution in [3.05, 3.63) is 59.1 Å². The van der Waals surface area contributed by atoms with Gasteiger partial charge in [0.25, 0.3) is 0 Å². The average molecular weight is 217 g/mol. The second kappa shape index (κ2) is 4.47. The average Bonchev–Trinajstić information content (AvgIpc) is 2.30. The summed E-state index contributed by atoms with van der Waals surface area (Å²) in [6.45, 7) is 0.574. The van der Waals surface area contributed by atoms with E-state index in [4.69, 9.17) is 17.3 Å². The Morgan fingerprint density at radius 3 is 2.33 bits per heavy atom. The van der Waals surface area contributed by atoms with Crippen LogP contribution in [-0.4, -0.2) is 0 Å². The SMILES string of the molecule is NCc1ccc(-c2[c]cc(Cl)cc2)cc1. The van der Waals surface area contributed by atoms with Gasteiger partial charge in [-0.25, -0.2) is 0 Å². The molecule has 0 saturated heterocycles. The molecular formula is C13H11ClN. The standard InChI is InChI=1S/C13H11ClN/c14-13-7-5-12(6-8-13)11-3-1-10(9-15)2-4-11/h1-5,7-8H,9,15H2. The molecule has 0 aliphatic rings. The minimum Gasteiger partial charge on any atom is -0.326 e.